The van der Waals surface area contributed by atoms with Crippen LogP contribution in [0.15, 0.2) is 4.99 Å². The molecule has 0 rings (SSSR count). The molecule has 0 aliphatic heterocycles. The van der Waals surface area contributed by atoms with Crippen molar-refractivity contribution in [3.8, 4) is 0 Å². The van der Waals surface area contributed by atoms with Crippen molar-refractivity contribution < 1.29 is 0 Å². The van der Waals surface area contributed by atoms with E-state index >= 15 is 0 Å². The first-order valence-electron chi connectivity index (χ1n) is 6.32. The molecule has 16 heavy (non-hydrogen) atoms. The summed E-state index contributed by atoms with van der Waals surface area (Å²) in [5, 5.41) is 0.241. The third-order valence-corrected chi connectivity index (χ3v) is 6.22. The van der Waals surface area contributed by atoms with Gasteiger partial charge in [0.15, 0.2) is 0 Å². The maximum absolute atomic E-state index is 4.71. The van der Waals surface area contributed by atoms with E-state index in [0.717, 1.165) is 11.3 Å². The fourth-order valence-corrected chi connectivity index (χ4v) is 6.39. The molecule has 96 valence electrons. The molecule has 0 fully saturated rings. The van der Waals surface area contributed by atoms with Gasteiger partial charge in [0.05, 0.1) is 5.54 Å². The molecular weight excluding hydrogens is 213 g/mol. The van der Waals surface area contributed by atoms with Crippen LogP contribution in [0.3, 0.4) is 0 Å². The van der Waals surface area contributed by atoms with Crippen LogP contribution in [0, 0.1) is 0 Å². The minimum absolute atomic E-state index is 0.0243. The smallest absolute Gasteiger partial charge is 0.0520 e. The van der Waals surface area contributed by atoms with Crippen LogP contribution >= 0.6 is 7.92 Å². The quantitative estimate of drug-likeness (QED) is 0.490. The van der Waals surface area contributed by atoms with Crippen LogP contribution < -0.4 is 0 Å². The summed E-state index contributed by atoms with van der Waals surface area (Å²) in [4.78, 5) is 4.71. The Kier molecular flexibility index (Phi) is 5.66. The highest BCUT2D eigenvalue weighted by Crippen LogP contribution is 2.56. The van der Waals surface area contributed by atoms with Crippen molar-refractivity contribution in [2.75, 3.05) is 0 Å². The first-order valence-corrected chi connectivity index (χ1v) is 7.80. The highest BCUT2D eigenvalue weighted by atomic mass is 31.1. The molecular formula is C14H30NP. The molecule has 0 aromatic heterocycles. The normalized spacial score (nSPS) is 14.8. The van der Waals surface area contributed by atoms with E-state index in [0.29, 0.717) is 0 Å². The Hall–Kier alpha value is 0.100. The third-order valence-electron chi connectivity index (χ3n) is 2.55. The number of hydrogen-bond donors (Lipinski definition) is 0. The summed E-state index contributed by atoms with van der Waals surface area (Å²) in [5.74, 6) is 0. The lowest BCUT2D eigenvalue weighted by atomic mass is 10.1. The molecule has 0 atom stereocenters. The largest absolute Gasteiger partial charge is 0.291 e. The van der Waals surface area contributed by atoms with Gasteiger partial charge in [-0.3, -0.25) is 4.99 Å². The lowest BCUT2D eigenvalue weighted by Gasteiger charge is -2.38. The summed E-state index contributed by atoms with van der Waals surface area (Å²) in [6.45, 7) is 20.5. The average molecular weight is 243 g/mol. The highest BCUT2D eigenvalue weighted by Gasteiger charge is 2.32. The molecule has 0 amide bonds. The van der Waals surface area contributed by atoms with Crippen molar-refractivity contribution in [3.05, 3.63) is 0 Å². The first kappa shape index (κ1) is 16.1. The van der Waals surface area contributed by atoms with Crippen molar-refractivity contribution in [3.63, 3.8) is 0 Å². The Balaban J connectivity index is 4.94. The molecule has 0 heterocycles. The van der Waals surface area contributed by atoms with Gasteiger partial charge >= 0.3 is 0 Å². The fourth-order valence-electron chi connectivity index (χ4n) is 2.35. The van der Waals surface area contributed by atoms with Crippen LogP contribution in [-0.4, -0.2) is 28.2 Å². The van der Waals surface area contributed by atoms with E-state index in [4.69, 9.17) is 4.99 Å². The van der Waals surface area contributed by atoms with Crippen LogP contribution in [0.4, 0.5) is 0 Å². The second kappa shape index (κ2) is 5.63. The van der Waals surface area contributed by atoms with Gasteiger partial charge in [0, 0.05) is 11.4 Å². The summed E-state index contributed by atoms with van der Waals surface area (Å²) in [7, 11) is -0.0243. The zero-order chi connectivity index (χ0) is 13.1. The van der Waals surface area contributed by atoms with Gasteiger partial charge in [-0.2, -0.15) is 0 Å². The predicted molar refractivity (Wildman–Crippen MR) is 79.5 cm³/mol. The zero-order valence-electron chi connectivity index (χ0n) is 12.6. The number of hydrogen-bond acceptors (Lipinski definition) is 1. The summed E-state index contributed by atoms with van der Waals surface area (Å²) in [5.41, 5.74) is 1.57. The molecule has 0 saturated heterocycles. The maximum atomic E-state index is 4.71. The maximum Gasteiger partial charge on any atom is 0.0520 e. The summed E-state index contributed by atoms with van der Waals surface area (Å²) in [6.07, 6.45) is 2.21. The monoisotopic (exact) mass is 243 g/mol. The Labute approximate surface area is 104 Å². The van der Waals surface area contributed by atoms with Crippen molar-refractivity contribution in [2.45, 2.75) is 84.3 Å². The van der Waals surface area contributed by atoms with Gasteiger partial charge in [-0.25, -0.2) is 0 Å². The molecule has 2 heteroatoms. The van der Waals surface area contributed by atoms with Crippen molar-refractivity contribution in [1.82, 2.24) is 0 Å². The molecule has 0 radical (unpaired) electrons. The summed E-state index contributed by atoms with van der Waals surface area (Å²) in [6, 6.07) is 0. The average Bonchev–Trinajstić information content (AvgIpc) is 1.97. The predicted octanol–water partition coefficient (Wildman–Crippen LogP) is 4.93. The lowest BCUT2D eigenvalue weighted by molar-refractivity contribution is 0.582. The van der Waals surface area contributed by atoms with E-state index in [9.17, 15) is 0 Å². The molecule has 0 aliphatic carbocycles. The minimum Gasteiger partial charge on any atom is -0.291 e. The van der Waals surface area contributed by atoms with Crippen LogP contribution in [0.1, 0.15) is 62.3 Å². The van der Waals surface area contributed by atoms with Gasteiger partial charge in [0.25, 0.3) is 0 Å². The number of aliphatic imine (C=N–C) groups is 1. The van der Waals surface area contributed by atoms with Gasteiger partial charge in [-0.15, -0.1) is 0 Å². The summed E-state index contributed by atoms with van der Waals surface area (Å²) >= 11 is 0. The molecule has 0 saturated carbocycles. The van der Waals surface area contributed by atoms with Gasteiger partial charge in [-0.05, 0) is 32.1 Å². The lowest BCUT2D eigenvalue weighted by Crippen LogP contribution is -2.29. The van der Waals surface area contributed by atoms with E-state index in [-0.39, 0.29) is 18.6 Å². The Morgan fingerprint density at radius 1 is 0.875 bits per heavy atom. The second-order valence-electron chi connectivity index (χ2n) is 6.68. The molecule has 1 nitrogen and oxygen atoms in total. The van der Waals surface area contributed by atoms with E-state index in [1.54, 1.807) is 0 Å². The number of rotatable bonds is 4. The molecule has 0 aromatic carbocycles. The number of nitrogens with zero attached hydrogens (tertiary/aromatic N) is 1. The Morgan fingerprint density at radius 2 is 1.25 bits per heavy atom. The standard InChI is InChI=1S/C14H30NP/c1-11(2)16(12(3)4)14(8,9)10-15-13(5,6)7/h10-12H,1-9H3. The molecule has 0 unspecified atom stereocenters. The van der Waals surface area contributed by atoms with Crippen LogP contribution in [0.25, 0.3) is 0 Å². The van der Waals surface area contributed by atoms with Gasteiger partial charge < -0.3 is 0 Å². The van der Waals surface area contributed by atoms with Crippen LogP contribution in [-0.2, 0) is 0 Å². The fraction of sp³-hybridized carbons (Fsp3) is 0.929. The van der Waals surface area contributed by atoms with Gasteiger partial charge in [-0.1, -0.05) is 49.5 Å². The van der Waals surface area contributed by atoms with Gasteiger partial charge in [0.2, 0.25) is 0 Å². The third kappa shape index (κ3) is 5.43. The molecule has 0 aromatic rings. The topological polar surface area (TPSA) is 12.4 Å². The second-order valence-corrected chi connectivity index (χ2v) is 10.7. The highest BCUT2D eigenvalue weighted by molar-refractivity contribution is 7.61. The minimum atomic E-state index is -0.0243. The first-order chi connectivity index (χ1) is 6.97. The van der Waals surface area contributed by atoms with E-state index in [1.807, 2.05) is 0 Å². The van der Waals surface area contributed by atoms with Crippen molar-refractivity contribution in [1.29, 1.82) is 0 Å². The van der Waals surface area contributed by atoms with Gasteiger partial charge in [0.1, 0.15) is 0 Å². The molecule has 0 aliphatic rings. The van der Waals surface area contributed by atoms with Crippen LogP contribution in [0.2, 0.25) is 0 Å². The zero-order valence-corrected chi connectivity index (χ0v) is 13.5. The molecule has 0 bridgehead atoms. The van der Waals surface area contributed by atoms with Crippen molar-refractivity contribution in [2.24, 2.45) is 4.99 Å². The van der Waals surface area contributed by atoms with E-state index in [1.165, 1.54) is 0 Å². The Bertz CT molecular complexity index is 226. The van der Waals surface area contributed by atoms with E-state index < -0.39 is 0 Å². The molecule has 0 N–H and O–H groups in total. The van der Waals surface area contributed by atoms with Crippen molar-refractivity contribution >= 4 is 14.1 Å². The van der Waals surface area contributed by atoms with Crippen LogP contribution in [0.5, 0.6) is 0 Å². The Morgan fingerprint density at radius 3 is 1.50 bits per heavy atom. The molecule has 0 spiro atoms. The van der Waals surface area contributed by atoms with E-state index in [2.05, 4.69) is 68.5 Å². The summed E-state index contributed by atoms with van der Waals surface area (Å²) < 4.78 is 0. The SMILES string of the molecule is CC(C)P(C(C)C)C(C)(C)C=NC(C)(C)C.